The average Bonchev–Trinajstić information content (AvgIpc) is 3.06. The highest BCUT2D eigenvalue weighted by Gasteiger charge is 2.27. The van der Waals surface area contributed by atoms with Crippen molar-refractivity contribution < 1.29 is 0 Å². The van der Waals surface area contributed by atoms with E-state index in [9.17, 15) is 0 Å². The first kappa shape index (κ1) is 12.3. The van der Waals surface area contributed by atoms with Crippen LogP contribution in [0.15, 0.2) is 34.6 Å². The predicted octanol–water partition coefficient (Wildman–Crippen LogP) is 3.68. The van der Waals surface area contributed by atoms with Crippen LogP contribution in [0.1, 0.15) is 23.4 Å². The summed E-state index contributed by atoms with van der Waals surface area (Å²) in [6, 6.07) is 2.57. The molecule has 3 aromatic heterocycles. The lowest BCUT2D eigenvalue weighted by atomic mass is 10.0. The molecule has 102 valence electrons. The quantitative estimate of drug-likeness (QED) is 0.672. The van der Waals surface area contributed by atoms with Gasteiger partial charge in [0, 0.05) is 30.0 Å². The predicted molar refractivity (Wildman–Crippen MR) is 84.5 cm³/mol. The summed E-state index contributed by atoms with van der Waals surface area (Å²) in [5.41, 5.74) is 2.34. The lowest BCUT2D eigenvalue weighted by Gasteiger charge is -2.34. The fraction of sp³-hybridized carbons (Fsp3) is 0.286. The van der Waals surface area contributed by atoms with E-state index in [1.807, 2.05) is 34.3 Å². The fourth-order valence-electron chi connectivity index (χ4n) is 2.88. The maximum Gasteiger partial charge on any atom is 0.180 e. The van der Waals surface area contributed by atoms with E-state index in [1.54, 1.807) is 0 Å². The summed E-state index contributed by atoms with van der Waals surface area (Å²) in [6.45, 7) is 3.23. The van der Waals surface area contributed by atoms with Crippen molar-refractivity contribution in [3.8, 4) is 0 Å². The molecule has 1 unspecified atom stereocenters. The van der Waals surface area contributed by atoms with Crippen LogP contribution in [0.25, 0.3) is 5.65 Å². The molecular weight excluding hydrogens is 336 g/mol. The number of hydrogen-bond acceptors (Lipinski definition) is 4. The molecule has 0 aromatic carbocycles. The molecule has 0 saturated carbocycles. The second kappa shape index (κ2) is 4.56. The van der Waals surface area contributed by atoms with Crippen molar-refractivity contribution in [1.82, 2.24) is 14.4 Å². The van der Waals surface area contributed by atoms with Gasteiger partial charge in [-0.2, -0.15) is 0 Å². The normalized spacial score (nSPS) is 18.5. The van der Waals surface area contributed by atoms with Crippen LogP contribution in [0.5, 0.6) is 0 Å². The van der Waals surface area contributed by atoms with Crippen molar-refractivity contribution >= 4 is 38.7 Å². The smallest absolute Gasteiger partial charge is 0.180 e. The van der Waals surface area contributed by atoms with Gasteiger partial charge in [-0.3, -0.25) is 0 Å². The van der Waals surface area contributed by atoms with Gasteiger partial charge in [-0.05, 0) is 46.3 Å². The van der Waals surface area contributed by atoms with Crippen molar-refractivity contribution in [3.05, 3.63) is 45.1 Å². The van der Waals surface area contributed by atoms with Gasteiger partial charge in [0.05, 0.1) is 6.04 Å². The van der Waals surface area contributed by atoms with Gasteiger partial charge >= 0.3 is 0 Å². The third kappa shape index (κ3) is 1.78. The zero-order chi connectivity index (χ0) is 13.7. The number of hydrogen-bond donors (Lipinski definition) is 0. The van der Waals surface area contributed by atoms with Crippen molar-refractivity contribution in [3.63, 3.8) is 0 Å². The maximum absolute atomic E-state index is 4.67. The van der Waals surface area contributed by atoms with Gasteiger partial charge in [0.25, 0.3) is 0 Å². The Morgan fingerprint density at radius 2 is 2.35 bits per heavy atom. The number of rotatable bonds is 1. The summed E-state index contributed by atoms with van der Waals surface area (Å²) in [7, 11) is 0. The lowest BCUT2D eigenvalue weighted by molar-refractivity contribution is 0.624. The van der Waals surface area contributed by atoms with Crippen LogP contribution < -0.4 is 4.90 Å². The van der Waals surface area contributed by atoms with Crippen LogP contribution >= 0.6 is 27.3 Å². The average molecular weight is 349 g/mol. The van der Waals surface area contributed by atoms with Gasteiger partial charge in [-0.1, -0.05) is 0 Å². The van der Waals surface area contributed by atoms with E-state index < -0.39 is 0 Å². The number of halogens is 1. The highest BCUT2D eigenvalue weighted by molar-refractivity contribution is 9.10. The summed E-state index contributed by atoms with van der Waals surface area (Å²) in [6.07, 6.45) is 6.79. The van der Waals surface area contributed by atoms with Gasteiger partial charge in [0.2, 0.25) is 0 Å². The Morgan fingerprint density at radius 1 is 1.45 bits per heavy atom. The molecular formula is C14H13BrN4S. The first-order valence-electron chi connectivity index (χ1n) is 6.56. The Balaban J connectivity index is 1.86. The number of imidazole rings is 1. The molecule has 1 atom stereocenters. The van der Waals surface area contributed by atoms with Crippen LogP contribution in [-0.2, 0) is 6.42 Å². The van der Waals surface area contributed by atoms with Gasteiger partial charge in [0.15, 0.2) is 11.5 Å². The molecule has 6 heteroatoms. The molecule has 0 saturated heterocycles. The van der Waals surface area contributed by atoms with E-state index in [1.165, 1.54) is 10.4 Å². The van der Waals surface area contributed by atoms with Crippen LogP contribution in [0.3, 0.4) is 0 Å². The van der Waals surface area contributed by atoms with Crippen molar-refractivity contribution in [2.24, 2.45) is 0 Å². The Bertz CT molecular complexity index is 778. The summed E-state index contributed by atoms with van der Waals surface area (Å²) in [5.74, 6) is 0.953. The zero-order valence-corrected chi connectivity index (χ0v) is 13.4. The summed E-state index contributed by atoms with van der Waals surface area (Å²) in [5, 5.41) is 2.18. The van der Waals surface area contributed by atoms with Crippen LogP contribution in [-0.4, -0.2) is 20.9 Å². The molecule has 0 amide bonds. The number of aromatic nitrogens is 3. The van der Waals surface area contributed by atoms with Gasteiger partial charge < -0.3 is 9.30 Å². The Hall–Kier alpha value is -1.40. The van der Waals surface area contributed by atoms with E-state index in [4.69, 9.17) is 0 Å². The minimum absolute atomic E-state index is 0.340. The van der Waals surface area contributed by atoms with Crippen molar-refractivity contribution in [2.45, 2.75) is 19.4 Å². The molecule has 0 aliphatic carbocycles. The number of anilines is 1. The third-order valence-corrected chi connectivity index (χ3v) is 5.25. The van der Waals surface area contributed by atoms with Gasteiger partial charge in [-0.15, -0.1) is 11.3 Å². The highest BCUT2D eigenvalue weighted by atomic mass is 79.9. The molecule has 0 radical (unpaired) electrons. The van der Waals surface area contributed by atoms with E-state index in [2.05, 4.69) is 49.2 Å². The molecule has 4 rings (SSSR count). The van der Waals surface area contributed by atoms with E-state index in [0.717, 1.165) is 29.0 Å². The van der Waals surface area contributed by atoms with Crippen LogP contribution in [0.4, 0.5) is 5.82 Å². The second-order valence-electron chi connectivity index (χ2n) is 4.96. The van der Waals surface area contributed by atoms with E-state index >= 15 is 0 Å². The topological polar surface area (TPSA) is 33.4 Å². The third-order valence-electron chi connectivity index (χ3n) is 3.88. The highest BCUT2D eigenvalue weighted by Crippen LogP contribution is 2.36. The molecule has 1 aliphatic heterocycles. The maximum atomic E-state index is 4.67. The molecule has 0 N–H and O–H groups in total. The SMILES string of the molecule is CC1c2ccsc2CCN1c1nc(Br)cn2ccnc12. The Morgan fingerprint density at radius 3 is 3.25 bits per heavy atom. The zero-order valence-electron chi connectivity index (χ0n) is 11.0. The van der Waals surface area contributed by atoms with E-state index in [0.29, 0.717) is 6.04 Å². The lowest BCUT2D eigenvalue weighted by Crippen LogP contribution is -2.34. The number of fused-ring (bicyclic) bond motifs is 2. The molecule has 20 heavy (non-hydrogen) atoms. The van der Waals surface area contributed by atoms with Crippen LogP contribution in [0.2, 0.25) is 0 Å². The molecule has 0 spiro atoms. The molecule has 0 fully saturated rings. The largest absolute Gasteiger partial charge is 0.346 e. The summed E-state index contributed by atoms with van der Waals surface area (Å²) in [4.78, 5) is 13.0. The van der Waals surface area contributed by atoms with Crippen LogP contribution in [0, 0.1) is 0 Å². The van der Waals surface area contributed by atoms with Gasteiger partial charge in [-0.25, -0.2) is 9.97 Å². The second-order valence-corrected chi connectivity index (χ2v) is 6.78. The first-order valence-corrected chi connectivity index (χ1v) is 8.23. The molecule has 3 aromatic rings. The summed E-state index contributed by atoms with van der Waals surface area (Å²) >= 11 is 5.35. The number of nitrogens with zero attached hydrogens (tertiary/aromatic N) is 4. The molecule has 0 bridgehead atoms. The molecule has 4 nitrogen and oxygen atoms in total. The van der Waals surface area contributed by atoms with Crippen molar-refractivity contribution in [1.29, 1.82) is 0 Å². The monoisotopic (exact) mass is 348 g/mol. The molecule has 4 heterocycles. The van der Waals surface area contributed by atoms with Crippen molar-refractivity contribution in [2.75, 3.05) is 11.4 Å². The minimum Gasteiger partial charge on any atom is -0.346 e. The molecule has 1 aliphatic rings. The fourth-order valence-corrected chi connectivity index (χ4v) is 4.23. The Labute approximate surface area is 129 Å². The Kier molecular flexibility index (Phi) is 2.82. The van der Waals surface area contributed by atoms with Gasteiger partial charge in [0.1, 0.15) is 4.60 Å². The van der Waals surface area contributed by atoms with E-state index in [-0.39, 0.29) is 0 Å². The standard InChI is InChI=1S/C14H13BrN4S/c1-9-10-3-7-20-11(10)2-5-19(9)14-13-16-4-6-18(13)8-12(15)17-14/h3-4,6-9H,2,5H2,1H3. The summed E-state index contributed by atoms with van der Waals surface area (Å²) < 4.78 is 2.85. The first-order chi connectivity index (χ1) is 9.74. The number of thiophene rings is 1. The minimum atomic E-state index is 0.340.